The Balaban J connectivity index is 1.88. The Bertz CT molecular complexity index is 1340. The number of esters is 1. The molecule has 1 aliphatic rings. The first-order chi connectivity index (χ1) is 17.1. The minimum absolute atomic E-state index is 0.0766. The molecule has 0 heterocycles. The van der Waals surface area contributed by atoms with E-state index >= 15 is 0 Å². The van der Waals surface area contributed by atoms with E-state index in [0.717, 1.165) is 23.8 Å². The lowest BCUT2D eigenvalue weighted by Gasteiger charge is -2.15. The van der Waals surface area contributed by atoms with Gasteiger partial charge in [0, 0.05) is 17.2 Å². The zero-order valence-corrected chi connectivity index (χ0v) is 21.5. The molecule has 0 aliphatic heterocycles. The van der Waals surface area contributed by atoms with E-state index in [-0.39, 0.29) is 12.0 Å². The van der Waals surface area contributed by atoms with Crippen LogP contribution in [0.5, 0.6) is 5.75 Å². The predicted octanol–water partition coefficient (Wildman–Crippen LogP) is 3.49. The largest absolute Gasteiger partial charge is 0.490 e. The molecule has 2 aromatic carbocycles. The molecule has 0 aromatic heterocycles. The zero-order valence-electron chi connectivity index (χ0n) is 20.7. The van der Waals surface area contributed by atoms with Crippen molar-refractivity contribution in [2.75, 3.05) is 20.0 Å². The van der Waals surface area contributed by atoms with Crippen LogP contribution >= 0.6 is 0 Å². The fourth-order valence-electron chi connectivity index (χ4n) is 4.04. The van der Waals surface area contributed by atoms with E-state index in [2.05, 4.69) is 27.1 Å². The third-order valence-electron chi connectivity index (χ3n) is 5.58. The maximum atomic E-state index is 12.4. The first-order valence-electron chi connectivity index (χ1n) is 11.3. The summed E-state index contributed by atoms with van der Waals surface area (Å²) in [5.41, 5.74) is 3.87. The monoisotopic (exact) mass is 511 g/mol. The molecule has 1 atom stereocenters. The quantitative estimate of drug-likeness (QED) is 0.310. The highest BCUT2D eigenvalue weighted by molar-refractivity contribution is 7.90. The van der Waals surface area contributed by atoms with Gasteiger partial charge in [-0.25, -0.2) is 18.1 Å². The Labute approximate surface area is 211 Å². The summed E-state index contributed by atoms with van der Waals surface area (Å²) in [5, 5.41) is 9.54. The summed E-state index contributed by atoms with van der Waals surface area (Å²) >= 11 is 0. The minimum atomic E-state index is -3.86. The molecular formula is C26H29N3O6S. The molecule has 190 valence electrons. The van der Waals surface area contributed by atoms with Gasteiger partial charge in [-0.1, -0.05) is 24.8 Å². The van der Waals surface area contributed by atoms with E-state index in [1.54, 1.807) is 24.3 Å². The number of ether oxygens (including phenoxy) is 3. The van der Waals surface area contributed by atoms with Gasteiger partial charge in [0.2, 0.25) is 15.9 Å². The van der Waals surface area contributed by atoms with Crippen molar-refractivity contribution in [2.45, 2.75) is 38.8 Å². The molecule has 1 N–H and O–H groups in total. The van der Waals surface area contributed by atoms with Crippen molar-refractivity contribution in [2.24, 2.45) is 4.99 Å². The summed E-state index contributed by atoms with van der Waals surface area (Å²) in [6, 6.07) is 12.3. The van der Waals surface area contributed by atoms with Gasteiger partial charge in [0.05, 0.1) is 31.6 Å². The number of sulfonamides is 1. The van der Waals surface area contributed by atoms with E-state index in [1.165, 1.54) is 7.11 Å². The Morgan fingerprint density at radius 2 is 2.00 bits per heavy atom. The van der Waals surface area contributed by atoms with Crippen molar-refractivity contribution in [3.05, 3.63) is 70.8 Å². The predicted molar refractivity (Wildman–Crippen MR) is 136 cm³/mol. The number of benzene rings is 2. The highest BCUT2D eigenvalue weighted by atomic mass is 32.2. The molecule has 2 aromatic rings. The zero-order chi connectivity index (χ0) is 26.5. The summed E-state index contributed by atoms with van der Waals surface area (Å²) in [6.45, 7) is 7.87. The molecule has 0 saturated heterocycles. The number of methoxy groups -OCH3 is 2. The van der Waals surface area contributed by atoms with E-state index in [0.29, 0.717) is 35.4 Å². The van der Waals surface area contributed by atoms with Crippen LogP contribution in [0.15, 0.2) is 48.0 Å². The number of hydrogen-bond acceptors (Lipinski definition) is 8. The molecule has 36 heavy (non-hydrogen) atoms. The van der Waals surface area contributed by atoms with Crippen molar-refractivity contribution in [1.82, 2.24) is 4.72 Å². The number of rotatable bonds is 9. The number of carbonyl (C=O) groups excluding carboxylic acids is 1. The van der Waals surface area contributed by atoms with E-state index in [1.807, 2.05) is 26.0 Å². The van der Waals surface area contributed by atoms with Crippen LogP contribution in [0.3, 0.4) is 0 Å². The molecular weight excluding hydrogens is 482 g/mol. The first-order valence-corrected chi connectivity index (χ1v) is 13.0. The lowest BCUT2D eigenvalue weighted by molar-refractivity contribution is -0.137. The molecule has 3 rings (SSSR count). The molecule has 0 radical (unpaired) electrons. The van der Waals surface area contributed by atoms with Crippen LogP contribution in [0.25, 0.3) is 5.70 Å². The maximum Gasteiger partial charge on any atom is 0.322 e. The van der Waals surface area contributed by atoms with Gasteiger partial charge < -0.3 is 14.2 Å². The molecule has 1 aliphatic carbocycles. The highest BCUT2D eigenvalue weighted by Gasteiger charge is 2.30. The number of fused-ring (bicyclic) bond motifs is 1. The first kappa shape index (κ1) is 26.9. The SMILES string of the molecule is C=C(N=C(OC)c1ccc(OC(C)C)c(C#N)c1)c1cccc2c1CCC2NS(=O)(=O)CC(=O)OC. The van der Waals surface area contributed by atoms with Gasteiger partial charge in [0.1, 0.15) is 11.8 Å². The fraction of sp³-hybridized carbons (Fsp3) is 0.346. The Kier molecular flexibility index (Phi) is 8.50. The second-order valence-corrected chi connectivity index (χ2v) is 10.2. The van der Waals surface area contributed by atoms with Gasteiger partial charge in [-0.3, -0.25) is 4.79 Å². The number of nitrogens with zero attached hydrogens (tertiary/aromatic N) is 2. The van der Waals surface area contributed by atoms with E-state index in [4.69, 9.17) is 9.47 Å². The third-order valence-corrected chi connectivity index (χ3v) is 6.84. The summed E-state index contributed by atoms with van der Waals surface area (Å²) in [5.74, 6) is -0.812. The van der Waals surface area contributed by atoms with Crippen molar-refractivity contribution in [1.29, 1.82) is 5.26 Å². The molecule has 0 amide bonds. The van der Waals surface area contributed by atoms with Crippen molar-refractivity contribution < 1.29 is 27.4 Å². The number of nitriles is 1. The molecule has 10 heteroatoms. The molecule has 1 unspecified atom stereocenters. The standard InChI is InChI=1S/C26H29N3O6S/c1-16(2)35-24-12-9-18(13-19(24)14-27)26(34-5)28-17(3)20-7-6-8-22-21(20)10-11-23(22)29-36(31,32)15-25(30)33-4/h6-9,12-13,16,23,29H,3,10-11,15H2,1-2,4-5H3. The lowest BCUT2D eigenvalue weighted by atomic mass is 10.0. The van der Waals surface area contributed by atoms with Gasteiger partial charge in [-0.15, -0.1) is 0 Å². The summed E-state index contributed by atoms with van der Waals surface area (Å²) in [7, 11) is -1.23. The smallest absolute Gasteiger partial charge is 0.322 e. The Morgan fingerprint density at radius 3 is 2.64 bits per heavy atom. The normalized spacial score (nSPS) is 15.2. The Hall–Kier alpha value is -3.68. The number of carbonyl (C=O) groups is 1. The average Bonchev–Trinajstić information content (AvgIpc) is 3.24. The maximum absolute atomic E-state index is 12.4. The van der Waals surface area contributed by atoms with Crippen molar-refractivity contribution in [3.63, 3.8) is 0 Å². The van der Waals surface area contributed by atoms with Gasteiger partial charge in [0.15, 0.2) is 5.75 Å². The second kappa shape index (κ2) is 11.4. The van der Waals surface area contributed by atoms with Crippen LogP contribution in [0.1, 0.15) is 54.1 Å². The van der Waals surface area contributed by atoms with E-state index < -0.39 is 27.8 Å². The van der Waals surface area contributed by atoms with Crippen LogP contribution in [0.4, 0.5) is 0 Å². The second-order valence-electron chi connectivity index (χ2n) is 8.47. The molecule has 0 bridgehead atoms. The highest BCUT2D eigenvalue weighted by Crippen LogP contribution is 2.36. The summed E-state index contributed by atoms with van der Waals surface area (Å²) in [6.07, 6.45) is 1.06. The van der Waals surface area contributed by atoms with Crippen LogP contribution in [-0.2, 0) is 30.7 Å². The third kappa shape index (κ3) is 6.30. The molecule has 9 nitrogen and oxygen atoms in total. The van der Waals surface area contributed by atoms with Crippen LogP contribution in [0, 0.1) is 11.3 Å². The fourth-order valence-corrected chi connectivity index (χ4v) is 5.23. The molecule has 0 saturated carbocycles. The van der Waals surface area contributed by atoms with Crippen LogP contribution < -0.4 is 9.46 Å². The number of nitrogens with one attached hydrogen (secondary N) is 1. The summed E-state index contributed by atoms with van der Waals surface area (Å²) < 4.78 is 43.0. The number of hydrogen-bond donors (Lipinski definition) is 1. The Morgan fingerprint density at radius 1 is 1.25 bits per heavy atom. The molecule has 0 spiro atoms. The van der Waals surface area contributed by atoms with Crippen LogP contribution in [-0.4, -0.2) is 46.4 Å². The minimum Gasteiger partial charge on any atom is -0.490 e. The van der Waals surface area contributed by atoms with E-state index in [9.17, 15) is 18.5 Å². The number of aliphatic imine (C=N–C) groups is 1. The van der Waals surface area contributed by atoms with Crippen molar-refractivity contribution in [3.8, 4) is 11.8 Å². The van der Waals surface area contributed by atoms with Gasteiger partial charge in [-0.05, 0) is 56.0 Å². The molecule has 0 fully saturated rings. The lowest BCUT2D eigenvalue weighted by Crippen LogP contribution is -2.33. The van der Waals surface area contributed by atoms with Crippen LogP contribution in [0.2, 0.25) is 0 Å². The van der Waals surface area contributed by atoms with Crippen molar-refractivity contribution >= 4 is 27.6 Å². The average molecular weight is 512 g/mol. The van der Waals surface area contributed by atoms with Gasteiger partial charge in [0.25, 0.3) is 0 Å². The van der Waals surface area contributed by atoms with Gasteiger partial charge >= 0.3 is 5.97 Å². The topological polar surface area (TPSA) is 127 Å². The summed E-state index contributed by atoms with van der Waals surface area (Å²) in [4.78, 5) is 16.0. The van der Waals surface area contributed by atoms with Gasteiger partial charge in [-0.2, -0.15) is 5.26 Å².